The molecule has 2 aromatic rings. The van der Waals surface area contributed by atoms with Gasteiger partial charge in [0.1, 0.15) is 6.29 Å². The standard InChI is InChI=1S/C15H15N3O3/c19-10-11-2-1-7-17(9-11)14-3-4-15(18(20)21)12-5-6-16-8-13(12)14/h3-6,8,10-11H,1-2,7,9H2. The number of fused-ring (bicyclic) bond motifs is 1. The van der Waals surface area contributed by atoms with E-state index in [1.807, 2.05) is 0 Å². The van der Waals surface area contributed by atoms with Crippen LogP contribution in [0.5, 0.6) is 0 Å². The molecule has 1 saturated heterocycles. The Morgan fingerprint density at radius 2 is 2.19 bits per heavy atom. The fourth-order valence-electron chi connectivity index (χ4n) is 2.93. The van der Waals surface area contributed by atoms with Gasteiger partial charge in [-0.15, -0.1) is 0 Å². The maximum absolute atomic E-state index is 11.1. The molecule has 2 heterocycles. The molecule has 21 heavy (non-hydrogen) atoms. The van der Waals surface area contributed by atoms with Crippen LogP contribution in [0.4, 0.5) is 11.4 Å². The third-order valence-corrected chi connectivity index (χ3v) is 3.96. The highest BCUT2D eigenvalue weighted by Gasteiger charge is 2.23. The molecule has 0 spiro atoms. The Hall–Kier alpha value is -2.50. The minimum Gasteiger partial charge on any atom is -0.370 e. The maximum atomic E-state index is 11.1. The van der Waals surface area contributed by atoms with Gasteiger partial charge in [0.15, 0.2) is 0 Å². The van der Waals surface area contributed by atoms with Crippen molar-refractivity contribution in [1.82, 2.24) is 4.98 Å². The van der Waals surface area contributed by atoms with Gasteiger partial charge in [0, 0.05) is 48.5 Å². The third kappa shape index (κ3) is 2.44. The van der Waals surface area contributed by atoms with Crippen molar-refractivity contribution in [3.05, 3.63) is 40.7 Å². The average molecular weight is 285 g/mol. The van der Waals surface area contributed by atoms with Crippen LogP contribution in [-0.4, -0.2) is 29.3 Å². The van der Waals surface area contributed by atoms with E-state index in [4.69, 9.17) is 0 Å². The lowest BCUT2D eigenvalue weighted by atomic mass is 9.98. The summed E-state index contributed by atoms with van der Waals surface area (Å²) >= 11 is 0. The van der Waals surface area contributed by atoms with E-state index in [2.05, 4.69) is 9.88 Å². The summed E-state index contributed by atoms with van der Waals surface area (Å²) in [5.74, 6) is 0.0284. The van der Waals surface area contributed by atoms with E-state index in [0.717, 1.165) is 36.7 Å². The summed E-state index contributed by atoms with van der Waals surface area (Å²) in [6.07, 6.45) is 6.06. The molecule has 0 radical (unpaired) electrons. The zero-order valence-corrected chi connectivity index (χ0v) is 11.4. The van der Waals surface area contributed by atoms with Crippen LogP contribution in [0.2, 0.25) is 0 Å². The van der Waals surface area contributed by atoms with E-state index < -0.39 is 0 Å². The molecule has 0 saturated carbocycles. The Balaban J connectivity index is 2.09. The van der Waals surface area contributed by atoms with Crippen molar-refractivity contribution in [1.29, 1.82) is 0 Å². The molecule has 0 bridgehead atoms. The van der Waals surface area contributed by atoms with Crippen molar-refractivity contribution in [3.8, 4) is 0 Å². The number of nitro groups is 1. The quantitative estimate of drug-likeness (QED) is 0.492. The molecule has 1 aliphatic heterocycles. The van der Waals surface area contributed by atoms with Crippen molar-refractivity contribution in [2.24, 2.45) is 5.92 Å². The number of non-ortho nitro benzene ring substituents is 1. The van der Waals surface area contributed by atoms with Crippen molar-refractivity contribution in [2.45, 2.75) is 12.8 Å². The predicted octanol–water partition coefficient (Wildman–Crippen LogP) is 2.56. The lowest BCUT2D eigenvalue weighted by molar-refractivity contribution is -0.383. The maximum Gasteiger partial charge on any atom is 0.277 e. The smallest absolute Gasteiger partial charge is 0.277 e. The number of anilines is 1. The molecule has 6 heteroatoms. The molecule has 108 valence electrons. The largest absolute Gasteiger partial charge is 0.370 e. The Morgan fingerprint density at radius 1 is 1.33 bits per heavy atom. The van der Waals surface area contributed by atoms with Gasteiger partial charge in [-0.3, -0.25) is 15.1 Å². The van der Waals surface area contributed by atoms with Gasteiger partial charge in [-0.2, -0.15) is 0 Å². The predicted molar refractivity (Wildman–Crippen MR) is 79.4 cm³/mol. The average Bonchev–Trinajstić information content (AvgIpc) is 2.53. The van der Waals surface area contributed by atoms with Crippen LogP contribution in [0.15, 0.2) is 30.6 Å². The van der Waals surface area contributed by atoms with Crippen LogP contribution in [-0.2, 0) is 4.79 Å². The van der Waals surface area contributed by atoms with Gasteiger partial charge >= 0.3 is 0 Å². The van der Waals surface area contributed by atoms with Gasteiger partial charge in [0.2, 0.25) is 0 Å². The van der Waals surface area contributed by atoms with Gasteiger partial charge in [-0.1, -0.05) is 0 Å². The molecule has 0 aliphatic carbocycles. The fourth-order valence-corrected chi connectivity index (χ4v) is 2.93. The minimum absolute atomic E-state index is 0.0284. The van der Waals surface area contributed by atoms with Gasteiger partial charge in [-0.05, 0) is 25.0 Å². The number of piperidine rings is 1. The minimum atomic E-state index is -0.378. The number of hydrogen-bond donors (Lipinski definition) is 0. The molecule has 1 aliphatic rings. The summed E-state index contributed by atoms with van der Waals surface area (Å²) in [4.78, 5) is 28.0. The molecule has 0 amide bonds. The molecule has 6 nitrogen and oxygen atoms in total. The Kier molecular flexibility index (Phi) is 3.51. The van der Waals surface area contributed by atoms with Gasteiger partial charge in [0.25, 0.3) is 5.69 Å². The SMILES string of the molecule is O=CC1CCCN(c2ccc([N+](=O)[O-])c3ccncc23)C1. The summed E-state index contributed by atoms with van der Waals surface area (Å²) in [7, 11) is 0. The second-order valence-corrected chi connectivity index (χ2v) is 5.27. The molecule has 1 atom stereocenters. The van der Waals surface area contributed by atoms with Gasteiger partial charge in [-0.25, -0.2) is 0 Å². The van der Waals surface area contributed by atoms with E-state index in [9.17, 15) is 14.9 Å². The highest BCUT2D eigenvalue weighted by atomic mass is 16.6. The van der Waals surface area contributed by atoms with Gasteiger partial charge < -0.3 is 9.69 Å². The second kappa shape index (κ2) is 5.47. The number of rotatable bonds is 3. The first-order valence-electron chi connectivity index (χ1n) is 6.92. The number of nitro benzene ring substituents is 1. The number of nitrogens with zero attached hydrogens (tertiary/aromatic N) is 3. The molecule has 0 N–H and O–H groups in total. The Labute approximate surface area is 121 Å². The molecular weight excluding hydrogens is 270 g/mol. The Morgan fingerprint density at radius 3 is 2.95 bits per heavy atom. The zero-order valence-electron chi connectivity index (χ0n) is 11.4. The number of aldehydes is 1. The number of pyridine rings is 1. The normalized spacial score (nSPS) is 18.7. The van der Waals surface area contributed by atoms with Crippen LogP contribution in [0.1, 0.15) is 12.8 Å². The summed E-state index contributed by atoms with van der Waals surface area (Å²) in [6.45, 7) is 1.51. The van der Waals surface area contributed by atoms with Crippen molar-refractivity contribution in [3.63, 3.8) is 0 Å². The van der Waals surface area contributed by atoms with Crippen LogP contribution >= 0.6 is 0 Å². The number of benzene rings is 1. The molecular formula is C15H15N3O3. The third-order valence-electron chi connectivity index (χ3n) is 3.96. The lowest BCUT2D eigenvalue weighted by Gasteiger charge is -2.32. The topological polar surface area (TPSA) is 76.3 Å². The lowest BCUT2D eigenvalue weighted by Crippen LogP contribution is -2.36. The van der Waals surface area contributed by atoms with E-state index in [1.54, 1.807) is 24.5 Å². The van der Waals surface area contributed by atoms with Crippen LogP contribution < -0.4 is 4.90 Å². The molecule has 1 aromatic carbocycles. The van der Waals surface area contributed by atoms with Crippen molar-refractivity contribution in [2.75, 3.05) is 18.0 Å². The number of aromatic nitrogens is 1. The van der Waals surface area contributed by atoms with Gasteiger partial charge in [0.05, 0.1) is 10.3 Å². The molecule has 1 fully saturated rings. The number of carbonyl (C=O) groups excluding carboxylic acids is 1. The summed E-state index contributed by atoms with van der Waals surface area (Å²) < 4.78 is 0. The van der Waals surface area contributed by atoms with E-state index in [1.165, 1.54) is 6.07 Å². The zero-order chi connectivity index (χ0) is 14.8. The first kappa shape index (κ1) is 13.5. The summed E-state index contributed by atoms with van der Waals surface area (Å²) in [6, 6.07) is 4.95. The fraction of sp³-hybridized carbons (Fsp3) is 0.333. The monoisotopic (exact) mass is 285 g/mol. The van der Waals surface area contributed by atoms with E-state index >= 15 is 0 Å². The van der Waals surface area contributed by atoms with E-state index in [-0.39, 0.29) is 16.5 Å². The Bertz CT molecular complexity index is 702. The number of carbonyl (C=O) groups is 1. The molecule has 3 rings (SSSR count). The molecule has 1 unspecified atom stereocenters. The van der Waals surface area contributed by atoms with Crippen LogP contribution in [0.3, 0.4) is 0 Å². The molecule has 1 aromatic heterocycles. The first-order valence-corrected chi connectivity index (χ1v) is 6.92. The van der Waals surface area contributed by atoms with E-state index in [0.29, 0.717) is 11.9 Å². The highest BCUT2D eigenvalue weighted by molar-refractivity contribution is 5.99. The van der Waals surface area contributed by atoms with Crippen LogP contribution in [0.25, 0.3) is 10.8 Å². The van der Waals surface area contributed by atoms with Crippen molar-refractivity contribution >= 4 is 28.4 Å². The van der Waals surface area contributed by atoms with Crippen LogP contribution in [0, 0.1) is 16.0 Å². The summed E-state index contributed by atoms with van der Waals surface area (Å²) in [5.41, 5.74) is 0.996. The summed E-state index contributed by atoms with van der Waals surface area (Å²) in [5, 5.41) is 12.5. The van der Waals surface area contributed by atoms with Crippen molar-refractivity contribution < 1.29 is 9.72 Å². The second-order valence-electron chi connectivity index (χ2n) is 5.27. The highest BCUT2D eigenvalue weighted by Crippen LogP contribution is 2.34. The number of hydrogen-bond acceptors (Lipinski definition) is 5. The first-order chi connectivity index (χ1) is 10.2.